The van der Waals surface area contributed by atoms with Crippen LogP contribution in [0.1, 0.15) is 13.8 Å². The number of carbonyl (C=O) groups excluding carboxylic acids is 1. The van der Waals surface area contributed by atoms with Crippen molar-refractivity contribution in [2.75, 3.05) is 0 Å². The Hall–Kier alpha value is -1.05. The van der Waals surface area contributed by atoms with Gasteiger partial charge in [0.1, 0.15) is 5.76 Å². The second kappa shape index (κ2) is 2.47. The van der Waals surface area contributed by atoms with Crippen LogP contribution in [0, 0.1) is 11.8 Å². The molecular formula is C10H12O2. The SMILES string of the molecule is CC(C)OC1=CC2C=CC(=O)C12. The summed E-state index contributed by atoms with van der Waals surface area (Å²) >= 11 is 0. The monoisotopic (exact) mass is 164 g/mol. The van der Waals surface area contributed by atoms with Gasteiger partial charge in [0, 0.05) is 5.92 Å². The summed E-state index contributed by atoms with van der Waals surface area (Å²) in [6, 6.07) is 0. The maximum Gasteiger partial charge on any atom is 0.166 e. The lowest BCUT2D eigenvalue weighted by molar-refractivity contribution is -0.119. The first-order chi connectivity index (χ1) is 5.68. The predicted octanol–water partition coefficient (Wildman–Crippen LogP) is 1.68. The molecular weight excluding hydrogens is 152 g/mol. The van der Waals surface area contributed by atoms with Gasteiger partial charge in [0.2, 0.25) is 0 Å². The van der Waals surface area contributed by atoms with Gasteiger partial charge in [-0.2, -0.15) is 0 Å². The Morgan fingerprint density at radius 3 is 2.83 bits per heavy atom. The first-order valence-electron chi connectivity index (χ1n) is 4.29. The number of ketones is 1. The van der Waals surface area contributed by atoms with Crippen LogP contribution in [0.25, 0.3) is 0 Å². The zero-order valence-corrected chi connectivity index (χ0v) is 7.28. The molecule has 0 fully saturated rings. The lowest BCUT2D eigenvalue weighted by Crippen LogP contribution is -2.28. The first kappa shape index (κ1) is 7.59. The summed E-state index contributed by atoms with van der Waals surface area (Å²) in [5, 5.41) is 0. The lowest BCUT2D eigenvalue weighted by Gasteiger charge is -2.29. The van der Waals surface area contributed by atoms with Crippen molar-refractivity contribution in [1.29, 1.82) is 0 Å². The fourth-order valence-corrected chi connectivity index (χ4v) is 1.65. The normalized spacial score (nSPS) is 31.6. The molecule has 2 rings (SSSR count). The minimum atomic E-state index is 0.0207. The number of rotatable bonds is 2. The second-order valence-electron chi connectivity index (χ2n) is 3.55. The van der Waals surface area contributed by atoms with Crippen molar-refractivity contribution < 1.29 is 9.53 Å². The van der Waals surface area contributed by atoms with E-state index in [1.807, 2.05) is 26.0 Å². The Bertz CT molecular complexity index is 274. The van der Waals surface area contributed by atoms with Crippen LogP contribution in [-0.2, 0) is 9.53 Å². The Balaban J connectivity index is 2.06. The highest BCUT2D eigenvalue weighted by Crippen LogP contribution is 2.40. The predicted molar refractivity (Wildman–Crippen MR) is 45.4 cm³/mol. The van der Waals surface area contributed by atoms with Gasteiger partial charge in [0.05, 0.1) is 12.0 Å². The summed E-state index contributed by atoms with van der Waals surface area (Å²) in [4.78, 5) is 11.2. The van der Waals surface area contributed by atoms with Crippen LogP contribution < -0.4 is 0 Å². The molecule has 0 aliphatic heterocycles. The van der Waals surface area contributed by atoms with Gasteiger partial charge < -0.3 is 4.74 Å². The van der Waals surface area contributed by atoms with Gasteiger partial charge in [-0.05, 0) is 26.0 Å². The number of allylic oxidation sites excluding steroid dienone is 4. The van der Waals surface area contributed by atoms with E-state index < -0.39 is 0 Å². The van der Waals surface area contributed by atoms with E-state index in [1.165, 1.54) is 0 Å². The van der Waals surface area contributed by atoms with E-state index >= 15 is 0 Å². The van der Waals surface area contributed by atoms with Crippen molar-refractivity contribution in [1.82, 2.24) is 0 Å². The number of fused-ring (bicyclic) bond motifs is 1. The van der Waals surface area contributed by atoms with Crippen molar-refractivity contribution >= 4 is 5.78 Å². The Kier molecular flexibility index (Phi) is 1.56. The van der Waals surface area contributed by atoms with Gasteiger partial charge in [-0.15, -0.1) is 0 Å². The molecule has 64 valence electrons. The number of carbonyl (C=O) groups is 1. The zero-order chi connectivity index (χ0) is 8.72. The molecule has 0 amide bonds. The molecule has 0 saturated heterocycles. The van der Waals surface area contributed by atoms with E-state index in [-0.39, 0.29) is 17.8 Å². The molecule has 0 radical (unpaired) electrons. The van der Waals surface area contributed by atoms with Crippen molar-refractivity contribution in [3.63, 3.8) is 0 Å². The molecule has 0 bridgehead atoms. The minimum Gasteiger partial charge on any atom is -0.495 e. The van der Waals surface area contributed by atoms with Crippen molar-refractivity contribution in [2.24, 2.45) is 11.8 Å². The molecule has 0 saturated carbocycles. The van der Waals surface area contributed by atoms with E-state index in [1.54, 1.807) is 6.08 Å². The maximum absolute atomic E-state index is 11.2. The highest BCUT2D eigenvalue weighted by molar-refractivity contribution is 5.98. The van der Waals surface area contributed by atoms with E-state index in [9.17, 15) is 4.79 Å². The van der Waals surface area contributed by atoms with E-state index in [2.05, 4.69) is 0 Å². The molecule has 2 aliphatic rings. The summed E-state index contributed by atoms with van der Waals surface area (Å²) in [7, 11) is 0. The lowest BCUT2D eigenvalue weighted by atomic mass is 9.82. The Morgan fingerprint density at radius 2 is 2.25 bits per heavy atom. The van der Waals surface area contributed by atoms with Gasteiger partial charge in [0.25, 0.3) is 0 Å². The van der Waals surface area contributed by atoms with Crippen molar-refractivity contribution in [3.8, 4) is 0 Å². The van der Waals surface area contributed by atoms with Crippen LogP contribution in [0.5, 0.6) is 0 Å². The first-order valence-corrected chi connectivity index (χ1v) is 4.29. The molecule has 0 aromatic rings. The van der Waals surface area contributed by atoms with Gasteiger partial charge in [0.15, 0.2) is 5.78 Å². The molecule has 2 heteroatoms. The quantitative estimate of drug-likeness (QED) is 0.620. The third-order valence-corrected chi connectivity index (χ3v) is 2.21. The van der Waals surface area contributed by atoms with Gasteiger partial charge >= 0.3 is 0 Å². The van der Waals surface area contributed by atoms with Crippen LogP contribution >= 0.6 is 0 Å². The fourth-order valence-electron chi connectivity index (χ4n) is 1.65. The number of ether oxygens (including phenoxy) is 1. The minimum absolute atomic E-state index is 0.0207. The topological polar surface area (TPSA) is 26.3 Å². The molecule has 0 N–H and O–H groups in total. The summed E-state index contributed by atoms with van der Waals surface area (Å²) < 4.78 is 5.47. The van der Waals surface area contributed by atoms with Crippen molar-refractivity contribution in [3.05, 3.63) is 24.0 Å². The smallest absolute Gasteiger partial charge is 0.166 e. The van der Waals surface area contributed by atoms with Crippen LogP contribution in [-0.4, -0.2) is 11.9 Å². The highest BCUT2D eigenvalue weighted by Gasteiger charge is 2.41. The average Bonchev–Trinajstić information content (AvgIpc) is 2.20. The standard InChI is InChI=1S/C10H12O2/c1-6(2)12-9-5-7-3-4-8(11)10(7)9/h3-7,10H,1-2H3. The summed E-state index contributed by atoms with van der Waals surface area (Å²) in [5.41, 5.74) is 0. The van der Waals surface area contributed by atoms with Gasteiger partial charge in [-0.1, -0.05) is 6.08 Å². The van der Waals surface area contributed by atoms with Crippen LogP contribution in [0.15, 0.2) is 24.0 Å². The number of hydrogen-bond acceptors (Lipinski definition) is 2. The van der Waals surface area contributed by atoms with E-state index in [0.29, 0.717) is 5.92 Å². The molecule has 0 aromatic carbocycles. The molecule has 2 aliphatic carbocycles. The summed E-state index contributed by atoms with van der Waals surface area (Å²) in [5.74, 6) is 1.40. The van der Waals surface area contributed by atoms with E-state index in [4.69, 9.17) is 4.74 Å². The second-order valence-corrected chi connectivity index (χ2v) is 3.55. The van der Waals surface area contributed by atoms with Gasteiger partial charge in [-0.25, -0.2) is 0 Å². The van der Waals surface area contributed by atoms with Gasteiger partial charge in [-0.3, -0.25) is 4.79 Å². The zero-order valence-electron chi connectivity index (χ0n) is 7.28. The summed E-state index contributed by atoms with van der Waals surface area (Å²) in [6.07, 6.45) is 5.79. The fraction of sp³-hybridized carbons (Fsp3) is 0.500. The Labute approximate surface area is 71.9 Å². The van der Waals surface area contributed by atoms with Crippen LogP contribution in [0.4, 0.5) is 0 Å². The van der Waals surface area contributed by atoms with Crippen molar-refractivity contribution in [2.45, 2.75) is 20.0 Å². The van der Waals surface area contributed by atoms with E-state index in [0.717, 1.165) is 5.76 Å². The molecule has 0 heterocycles. The largest absolute Gasteiger partial charge is 0.495 e. The van der Waals surface area contributed by atoms with Crippen LogP contribution in [0.3, 0.4) is 0 Å². The Morgan fingerprint density at radius 1 is 1.50 bits per heavy atom. The highest BCUT2D eigenvalue weighted by atomic mass is 16.5. The number of hydrogen-bond donors (Lipinski definition) is 0. The third kappa shape index (κ3) is 0.986. The molecule has 0 aromatic heterocycles. The molecule has 2 atom stereocenters. The molecule has 0 spiro atoms. The molecule has 12 heavy (non-hydrogen) atoms. The van der Waals surface area contributed by atoms with Crippen LogP contribution in [0.2, 0.25) is 0 Å². The molecule has 2 unspecified atom stereocenters. The maximum atomic E-state index is 11.2. The third-order valence-electron chi connectivity index (χ3n) is 2.21. The summed E-state index contributed by atoms with van der Waals surface area (Å²) in [6.45, 7) is 3.95. The average molecular weight is 164 g/mol. The molecule has 2 nitrogen and oxygen atoms in total.